The monoisotopic (exact) mass is 784 g/mol. The van der Waals surface area contributed by atoms with Crippen LogP contribution in [0.2, 0.25) is 0 Å². The van der Waals surface area contributed by atoms with Crippen LogP contribution in [0.3, 0.4) is 0 Å². The van der Waals surface area contributed by atoms with E-state index in [1.807, 2.05) is 91.0 Å². The lowest BCUT2D eigenvalue weighted by molar-refractivity contribution is -0.173. The number of morpholine rings is 1. The quantitative estimate of drug-likeness (QED) is 0.117. The largest absolute Gasteiger partial charge is 0.471 e. The van der Waals surface area contributed by atoms with Crippen LogP contribution in [0.15, 0.2) is 102 Å². The first-order valence-corrected chi connectivity index (χ1v) is 19.0. The van der Waals surface area contributed by atoms with E-state index in [1.165, 1.54) is 31.9 Å². The third-order valence-electron chi connectivity index (χ3n) is 8.47. The lowest BCUT2D eigenvalue weighted by Gasteiger charge is -2.50. The number of aromatic nitrogens is 2. The maximum atomic E-state index is 13.8. The number of alkyl halides is 3. The van der Waals surface area contributed by atoms with E-state index in [-0.39, 0.29) is 31.1 Å². The first-order chi connectivity index (χ1) is 25.6. The molecule has 1 aliphatic heterocycles. The first kappa shape index (κ1) is 40.4. The summed E-state index contributed by atoms with van der Waals surface area (Å²) >= 11 is 6.25. The van der Waals surface area contributed by atoms with E-state index in [0.29, 0.717) is 0 Å². The van der Waals surface area contributed by atoms with Gasteiger partial charge in [-0.3, -0.25) is 23.6 Å². The Labute approximate surface area is 314 Å². The number of hydrogen-bond acceptors (Lipinski definition) is 8. The van der Waals surface area contributed by atoms with E-state index in [2.05, 4.69) is 27.0 Å². The molecular formula is C37H37ClF3N6O6P. The van der Waals surface area contributed by atoms with Gasteiger partial charge >= 0.3 is 24.6 Å². The zero-order chi connectivity index (χ0) is 39.1. The van der Waals surface area contributed by atoms with Gasteiger partial charge in [-0.2, -0.15) is 18.2 Å². The topological polar surface area (TPSA) is 135 Å². The van der Waals surface area contributed by atoms with Crippen molar-refractivity contribution in [2.45, 2.75) is 31.0 Å². The van der Waals surface area contributed by atoms with Gasteiger partial charge in [-0.05, 0) is 42.0 Å². The second kappa shape index (κ2) is 17.1. The van der Waals surface area contributed by atoms with Crippen LogP contribution in [-0.4, -0.2) is 83.6 Å². The summed E-state index contributed by atoms with van der Waals surface area (Å²) in [4.78, 5) is 43.3. The minimum atomic E-state index is -5.11. The number of amides is 2. The van der Waals surface area contributed by atoms with Crippen molar-refractivity contribution in [2.75, 3.05) is 45.7 Å². The molecule has 0 radical (unpaired) electrons. The summed E-state index contributed by atoms with van der Waals surface area (Å²) in [6.45, 7) is -3.28. The van der Waals surface area contributed by atoms with E-state index in [4.69, 9.17) is 20.5 Å². The molecule has 2 N–H and O–H groups in total. The molecule has 1 saturated heterocycles. The smallest absolute Gasteiger partial charge is 0.350 e. The van der Waals surface area contributed by atoms with Gasteiger partial charge in [-0.15, -0.1) is 0 Å². The highest BCUT2D eigenvalue weighted by atomic mass is 35.7. The van der Waals surface area contributed by atoms with Crippen molar-refractivity contribution >= 4 is 35.7 Å². The number of carbonyl (C=O) groups excluding carboxylic acids is 2. The molecule has 0 bridgehead atoms. The molecule has 4 aromatic rings. The van der Waals surface area contributed by atoms with E-state index in [1.54, 1.807) is 5.32 Å². The molecule has 284 valence electrons. The number of halogens is 4. The molecule has 0 aliphatic carbocycles. The Kier molecular flexibility index (Phi) is 12.8. The van der Waals surface area contributed by atoms with Crippen LogP contribution in [0.1, 0.15) is 35.4 Å². The Hall–Kier alpha value is -4.81. The highest BCUT2D eigenvalue weighted by Gasteiger charge is 2.47. The predicted molar refractivity (Wildman–Crippen MR) is 197 cm³/mol. The molecule has 3 atom stereocenters. The number of benzene rings is 3. The Balaban J connectivity index is 1.67. The second-order valence-electron chi connectivity index (χ2n) is 12.4. The summed E-state index contributed by atoms with van der Waals surface area (Å²) in [5.74, 6) is 2.00. The van der Waals surface area contributed by atoms with Gasteiger partial charge in [0.2, 0.25) is 5.91 Å². The highest BCUT2D eigenvalue weighted by Crippen LogP contribution is 2.54. The molecule has 0 spiro atoms. The van der Waals surface area contributed by atoms with Crippen LogP contribution in [0.4, 0.5) is 19.0 Å². The summed E-state index contributed by atoms with van der Waals surface area (Å²) in [6.07, 6.45) is -5.80. The van der Waals surface area contributed by atoms with E-state index < -0.39 is 55.0 Å². The number of nitrogens with one attached hydrogen (secondary N) is 2. The van der Waals surface area contributed by atoms with Gasteiger partial charge in [0.05, 0.1) is 30.4 Å². The van der Waals surface area contributed by atoms with E-state index in [0.717, 1.165) is 21.3 Å². The van der Waals surface area contributed by atoms with Crippen molar-refractivity contribution in [3.8, 4) is 11.8 Å². The summed E-state index contributed by atoms with van der Waals surface area (Å²) in [6, 6.07) is 29.2. The molecule has 1 aromatic heterocycles. The van der Waals surface area contributed by atoms with Crippen molar-refractivity contribution in [2.24, 2.45) is 0 Å². The molecule has 3 unspecified atom stereocenters. The normalized spacial score (nSPS) is 17.6. The molecule has 17 heteroatoms. The van der Waals surface area contributed by atoms with Gasteiger partial charge in [0, 0.05) is 26.2 Å². The second-order valence-corrected chi connectivity index (χ2v) is 15.6. The lowest BCUT2D eigenvalue weighted by Crippen LogP contribution is -2.58. The minimum Gasteiger partial charge on any atom is -0.350 e. The zero-order valence-electron chi connectivity index (χ0n) is 29.4. The molecule has 12 nitrogen and oxygen atoms in total. The fraction of sp³-hybridized carbons (Fsp3) is 0.297. The fourth-order valence-corrected chi connectivity index (χ4v) is 6.86. The van der Waals surface area contributed by atoms with Crippen LogP contribution < -0.4 is 16.3 Å². The third kappa shape index (κ3) is 9.27. The third-order valence-corrected chi connectivity index (χ3v) is 11.1. The molecule has 0 saturated carbocycles. The fourth-order valence-electron chi connectivity index (χ4n) is 6.11. The summed E-state index contributed by atoms with van der Waals surface area (Å²) < 4.78 is 65.9. The first-order valence-electron chi connectivity index (χ1n) is 16.6. The van der Waals surface area contributed by atoms with Crippen molar-refractivity contribution < 1.29 is 36.6 Å². The predicted octanol–water partition coefficient (Wildman–Crippen LogP) is 5.35. The van der Waals surface area contributed by atoms with Crippen molar-refractivity contribution in [3.63, 3.8) is 0 Å². The van der Waals surface area contributed by atoms with Crippen LogP contribution in [0, 0.1) is 11.8 Å². The number of rotatable bonds is 11. The molecule has 1 aliphatic rings. The molecule has 5 rings (SSSR count). The Morgan fingerprint density at radius 3 is 2.00 bits per heavy atom. The molecule has 2 amide bonds. The van der Waals surface area contributed by atoms with Crippen LogP contribution >= 0.6 is 18.1 Å². The number of ether oxygens (including phenoxy) is 1. The summed E-state index contributed by atoms with van der Waals surface area (Å²) in [5, 5.41) is 4.07. The minimum absolute atomic E-state index is 0.0436. The Bertz CT molecular complexity index is 2020. The van der Waals surface area contributed by atoms with E-state index in [9.17, 15) is 32.1 Å². The average molecular weight is 785 g/mol. The van der Waals surface area contributed by atoms with Crippen molar-refractivity contribution in [1.82, 2.24) is 24.4 Å². The number of hydrogen-bond donors (Lipinski definition) is 2. The van der Waals surface area contributed by atoms with Gasteiger partial charge < -0.3 is 19.9 Å². The molecule has 2 heterocycles. The summed E-state index contributed by atoms with van der Waals surface area (Å²) in [7, 11) is 3.02. The Morgan fingerprint density at radius 2 is 1.52 bits per heavy atom. The van der Waals surface area contributed by atoms with Crippen molar-refractivity contribution in [1.29, 1.82) is 0 Å². The van der Waals surface area contributed by atoms with Crippen molar-refractivity contribution in [3.05, 3.63) is 130 Å². The molecule has 54 heavy (non-hydrogen) atoms. The van der Waals surface area contributed by atoms with Gasteiger partial charge in [-0.25, -0.2) is 9.46 Å². The summed E-state index contributed by atoms with van der Waals surface area (Å²) in [5.41, 5.74) is 0.775. The lowest BCUT2D eigenvalue weighted by atomic mass is 9.75. The molecule has 3 aromatic carbocycles. The van der Waals surface area contributed by atoms with Gasteiger partial charge in [0.1, 0.15) is 0 Å². The van der Waals surface area contributed by atoms with Crippen LogP contribution in [0.5, 0.6) is 0 Å². The zero-order valence-corrected chi connectivity index (χ0v) is 31.1. The molecule has 1 fully saturated rings. The number of carbonyl (C=O) groups is 2. The van der Waals surface area contributed by atoms with Crippen LogP contribution in [0.25, 0.3) is 0 Å². The maximum Gasteiger partial charge on any atom is 0.471 e. The average Bonchev–Trinajstić information content (AvgIpc) is 3.14. The highest BCUT2D eigenvalue weighted by molar-refractivity contribution is 7.83. The number of anilines is 1. The Morgan fingerprint density at radius 1 is 0.981 bits per heavy atom. The van der Waals surface area contributed by atoms with Crippen LogP contribution in [-0.2, 0) is 29.0 Å². The number of nitrogens with zero attached hydrogens (tertiary/aromatic N) is 4. The molecular weight excluding hydrogens is 748 g/mol. The van der Waals surface area contributed by atoms with Gasteiger partial charge in [-0.1, -0.05) is 103 Å². The van der Waals surface area contributed by atoms with Gasteiger partial charge in [0.25, 0.3) is 0 Å². The van der Waals surface area contributed by atoms with E-state index >= 15 is 0 Å². The van der Waals surface area contributed by atoms with Gasteiger partial charge in [0.15, 0.2) is 12.0 Å². The SMILES string of the molecule is CC(=O)Nc1nc(=O)n(C2CN(C(c3ccccc3)(c3ccccc3)c3ccccc3)CC(COP(=O)(Cl)N(C)C)O2)cc1C#CCNC(=O)C(F)(F)F. The maximum absolute atomic E-state index is 13.8. The standard InChI is InChI=1S/C37H37ClF3N6O6P/c1-26(48)43-33-27(14-13-21-42-34(49)37(39,40)41)22-47(35(50)44-33)32-24-46(23-31(53-32)25-52-54(38,51)45(2)3)36(28-15-7-4-8-16-28,29-17-9-5-10-18-29)30-19-11-6-12-20-30/h4-12,15-20,22,31-32H,21,23-25H2,1-3H3,(H,42,49)(H,43,44,48,50).